The molecule has 2 aliphatic rings. The molecule has 1 N–H and O–H groups in total. The van der Waals surface area contributed by atoms with E-state index in [1.165, 1.54) is 6.42 Å². The van der Waals surface area contributed by atoms with E-state index in [-0.39, 0.29) is 24.4 Å². The molecule has 0 saturated heterocycles. The topological polar surface area (TPSA) is 80.4 Å². The summed E-state index contributed by atoms with van der Waals surface area (Å²) in [5.74, 6) is 1.33. The molecule has 0 spiro atoms. The van der Waals surface area contributed by atoms with Crippen molar-refractivity contribution in [1.29, 1.82) is 0 Å². The van der Waals surface area contributed by atoms with Crippen LogP contribution in [0.1, 0.15) is 56.2 Å². The fraction of sp³-hybridized carbons (Fsp3) is 0.444. The fourth-order valence-electron chi connectivity index (χ4n) is 5.42. The third-order valence-electron chi connectivity index (χ3n) is 7.84. The Bertz CT molecular complexity index is 1170. The van der Waals surface area contributed by atoms with E-state index in [1.807, 2.05) is 54.0 Å². The Morgan fingerprint density at radius 2 is 1.97 bits per heavy atom. The lowest BCUT2D eigenvalue weighted by molar-refractivity contribution is -0.134. The van der Waals surface area contributed by atoms with Crippen molar-refractivity contribution in [3.63, 3.8) is 0 Å². The van der Waals surface area contributed by atoms with Crippen molar-refractivity contribution in [1.82, 2.24) is 19.8 Å². The number of nitrogens with zero attached hydrogens (tertiary/aromatic N) is 3. The van der Waals surface area contributed by atoms with E-state index in [0.717, 1.165) is 24.2 Å². The molecular formula is C27H32N4O3. The number of furan rings is 1. The van der Waals surface area contributed by atoms with Crippen LogP contribution in [0.3, 0.4) is 0 Å². The Morgan fingerprint density at radius 3 is 2.71 bits per heavy atom. The van der Waals surface area contributed by atoms with E-state index in [2.05, 4.69) is 24.1 Å². The van der Waals surface area contributed by atoms with E-state index < -0.39 is 5.54 Å². The molecule has 4 atom stereocenters. The second-order valence-electron chi connectivity index (χ2n) is 10.0. The van der Waals surface area contributed by atoms with Crippen molar-refractivity contribution in [2.75, 3.05) is 0 Å². The molecule has 7 nitrogen and oxygen atoms in total. The molecule has 1 fully saturated rings. The van der Waals surface area contributed by atoms with Gasteiger partial charge in [0.1, 0.15) is 17.0 Å². The van der Waals surface area contributed by atoms with Gasteiger partial charge in [-0.15, -0.1) is 0 Å². The van der Waals surface area contributed by atoms with Gasteiger partial charge in [0, 0.05) is 12.2 Å². The van der Waals surface area contributed by atoms with Crippen molar-refractivity contribution in [2.24, 2.45) is 11.8 Å². The van der Waals surface area contributed by atoms with Crippen molar-refractivity contribution in [2.45, 2.75) is 64.7 Å². The molecular weight excluding hydrogens is 428 g/mol. The molecule has 1 aliphatic carbocycles. The normalized spacial score (nSPS) is 26.9. The van der Waals surface area contributed by atoms with Gasteiger partial charge in [-0.3, -0.25) is 14.6 Å². The minimum absolute atomic E-state index is 0.107. The van der Waals surface area contributed by atoms with Crippen LogP contribution in [0.4, 0.5) is 0 Å². The highest BCUT2D eigenvalue weighted by Crippen LogP contribution is 2.35. The van der Waals surface area contributed by atoms with Crippen LogP contribution in [0.2, 0.25) is 0 Å². The summed E-state index contributed by atoms with van der Waals surface area (Å²) in [5.41, 5.74) is 1.01. The molecule has 178 valence electrons. The minimum atomic E-state index is -1.08. The summed E-state index contributed by atoms with van der Waals surface area (Å²) in [6, 6.07) is 13.1. The molecule has 0 bridgehead atoms. The number of rotatable bonds is 5. The number of pyridine rings is 1. The Hall–Kier alpha value is -3.35. The van der Waals surface area contributed by atoms with Crippen molar-refractivity contribution in [3.05, 3.63) is 66.3 Å². The Kier molecular flexibility index (Phi) is 5.80. The molecule has 7 heteroatoms. The van der Waals surface area contributed by atoms with Gasteiger partial charge in [0.15, 0.2) is 0 Å². The molecule has 0 aromatic carbocycles. The van der Waals surface area contributed by atoms with Crippen LogP contribution in [-0.2, 0) is 17.9 Å². The summed E-state index contributed by atoms with van der Waals surface area (Å²) in [6.45, 7) is 6.95. The summed E-state index contributed by atoms with van der Waals surface area (Å²) in [7, 11) is 0. The molecule has 2 amide bonds. The number of nitrogens with one attached hydrogen (secondary N) is 1. The van der Waals surface area contributed by atoms with Crippen LogP contribution in [0.5, 0.6) is 0 Å². The van der Waals surface area contributed by atoms with Crippen molar-refractivity contribution in [3.8, 4) is 11.5 Å². The van der Waals surface area contributed by atoms with Gasteiger partial charge in [-0.1, -0.05) is 32.8 Å². The van der Waals surface area contributed by atoms with E-state index >= 15 is 0 Å². The van der Waals surface area contributed by atoms with Gasteiger partial charge in [0.2, 0.25) is 5.91 Å². The summed E-state index contributed by atoms with van der Waals surface area (Å²) in [5, 5.41) is 3.33. The highest BCUT2D eigenvalue weighted by molar-refractivity contribution is 6.00. The molecule has 5 rings (SSSR count). The fourth-order valence-corrected chi connectivity index (χ4v) is 5.42. The molecule has 0 unspecified atom stereocenters. The van der Waals surface area contributed by atoms with Gasteiger partial charge in [0.25, 0.3) is 5.91 Å². The number of carbonyl (C=O) groups excluding carboxylic acids is 2. The molecule has 34 heavy (non-hydrogen) atoms. The predicted octanol–water partition coefficient (Wildman–Crippen LogP) is 4.50. The monoisotopic (exact) mass is 460 g/mol. The first kappa shape index (κ1) is 22.4. The van der Waals surface area contributed by atoms with Gasteiger partial charge < -0.3 is 19.2 Å². The smallest absolute Gasteiger partial charge is 0.271 e. The summed E-state index contributed by atoms with van der Waals surface area (Å²) in [6.07, 6.45) is 6.59. The highest BCUT2D eigenvalue weighted by Gasteiger charge is 2.49. The first-order chi connectivity index (χ1) is 16.4. The number of carbonyl (C=O) groups is 2. The summed E-state index contributed by atoms with van der Waals surface area (Å²) < 4.78 is 7.54. The molecule has 4 heterocycles. The maximum absolute atomic E-state index is 14.0. The zero-order valence-corrected chi connectivity index (χ0v) is 20.0. The minimum Gasteiger partial charge on any atom is -0.463 e. The van der Waals surface area contributed by atoms with Gasteiger partial charge in [-0.25, -0.2) is 0 Å². The predicted molar refractivity (Wildman–Crippen MR) is 129 cm³/mol. The van der Waals surface area contributed by atoms with E-state index in [4.69, 9.17) is 4.42 Å². The first-order valence-corrected chi connectivity index (χ1v) is 12.1. The standard InChI is InChI=1S/C27H32N4O3/c1-18-8-6-10-21(19(18)2)29-26(33)27(3)17-30-22(24-11-7-15-34-24)12-13-23(30)25(32)31(27)16-20-9-4-5-14-28-20/h4-5,7,9,11-15,18-19,21H,6,8,10,16-17H2,1-3H3,(H,29,33)/t18-,19+,21+,27-/m1/s1. The van der Waals surface area contributed by atoms with Crippen molar-refractivity contribution >= 4 is 11.8 Å². The highest BCUT2D eigenvalue weighted by atomic mass is 16.3. The number of hydrogen-bond acceptors (Lipinski definition) is 4. The molecule has 3 aromatic heterocycles. The lowest BCUT2D eigenvalue weighted by Crippen LogP contribution is -2.65. The Labute approximate surface area is 200 Å². The number of amides is 2. The second-order valence-corrected chi connectivity index (χ2v) is 10.0. The second kappa shape index (κ2) is 8.78. The SMILES string of the molecule is C[C@H]1[C@H](C)CCC[C@@H]1NC(=O)[C@@]1(C)Cn2c(ccc2-c2ccco2)C(=O)N1Cc1ccccn1. The van der Waals surface area contributed by atoms with Gasteiger partial charge >= 0.3 is 0 Å². The van der Waals surface area contributed by atoms with Crippen LogP contribution in [0.15, 0.2) is 59.3 Å². The largest absolute Gasteiger partial charge is 0.463 e. The van der Waals surface area contributed by atoms with Gasteiger partial charge in [-0.05, 0) is 61.6 Å². The zero-order chi connectivity index (χ0) is 23.9. The average molecular weight is 461 g/mol. The lowest BCUT2D eigenvalue weighted by atomic mass is 9.77. The van der Waals surface area contributed by atoms with Crippen LogP contribution in [0.25, 0.3) is 11.5 Å². The molecule has 1 aliphatic heterocycles. The number of aromatic nitrogens is 2. The lowest BCUT2D eigenvalue weighted by Gasteiger charge is -2.45. The molecule has 3 aromatic rings. The number of hydrogen-bond donors (Lipinski definition) is 1. The van der Waals surface area contributed by atoms with Crippen molar-refractivity contribution < 1.29 is 14.0 Å². The Balaban J connectivity index is 1.52. The summed E-state index contributed by atoms with van der Waals surface area (Å²) in [4.78, 5) is 33.9. The quantitative estimate of drug-likeness (QED) is 0.608. The third kappa shape index (κ3) is 3.83. The zero-order valence-electron chi connectivity index (χ0n) is 20.0. The first-order valence-electron chi connectivity index (χ1n) is 12.1. The maximum atomic E-state index is 14.0. The van der Waals surface area contributed by atoms with E-state index in [0.29, 0.717) is 29.8 Å². The van der Waals surface area contributed by atoms with E-state index in [9.17, 15) is 9.59 Å². The van der Waals surface area contributed by atoms with Crippen LogP contribution in [-0.4, -0.2) is 37.8 Å². The van der Waals surface area contributed by atoms with Crippen LogP contribution >= 0.6 is 0 Å². The van der Waals surface area contributed by atoms with Gasteiger partial charge in [0.05, 0.1) is 30.7 Å². The van der Waals surface area contributed by atoms with Crippen LogP contribution in [0, 0.1) is 11.8 Å². The van der Waals surface area contributed by atoms with E-state index in [1.54, 1.807) is 17.4 Å². The van der Waals surface area contributed by atoms with Crippen LogP contribution < -0.4 is 5.32 Å². The average Bonchev–Trinajstić information content (AvgIpc) is 3.50. The molecule has 1 saturated carbocycles. The molecule has 0 radical (unpaired) electrons. The maximum Gasteiger partial charge on any atom is 0.271 e. The Morgan fingerprint density at radius 1 is 1.15 bits per heavy atom. The summed E-state index contributed by atoms with van der Waals surface area (Å²) >= 11 is 0. The van der Waals surface area contributed by atoms with Gasteiger partial charge in [-0.2, -0.15) is 0 Å². The third-order valence-corrected chi connectivity index (χ3v) is 7.84. The number of fused-ring (bicyclic) bond motifs is 1.